The molecular weight excluding hydrogens is 400 g/mol. The number of fused-ring (bicyclic) bond motifs is 1. The van der Waals surface area contributed by atoms with Crippen molar-refractivity contribution in [1.29, 1.82) is 0 Å². The molecule has 7 nitrogen and oxygen atoms in total. The van der Waals surface area contributed by atoms with E-state index in [-0.39, 0.29) is 0 Å². The molecular formula is C19H19ClN4O3S. The van der Waals surface area contributed by atoms with Gasteiger partial charge < -0.3 is 4.52 Å². The van der Waals surface area contributed by atoms with E-state index in [2.05, 4.69) is 15.0 Å². The zero-order chi connectivity index (χ0) is 19.7. The van der Waals surface area contributed by atoms with Crippen LogP contribution >= 0.6 is 11.6 Å². The predicted octanol–water partition coefficient (Wildman–Crippen LogP) is 3.17. The predicted molar refractivity (Wildman–Crippen MR) is 107 cm³/mol. The molecule has 1 aromatic heterocycles. The Kier molecular flexibility index (Phi) is 5.09. The van der Waals surface area contributed by atoms with Crippen molar-refractivity contribution in [2.24, 2.45) is 0 Å². The molecule has 2 heterocycles. The van der Waals surface area contributed by atoms with E-state index >= 15 is 0 Å². The summed E-state index contributed by atoms with van der Waals surface area (Å²) in [5.41, 5.74) is 2.45. The molecule has 1 aliphatic heterocycles. The van der Waals surface area contributed by atoms with Crippen molar-refractivity contribution >= 4 is 27.3 Å². The molecule has 0 aliphatic carbocycles. The summed E-state index contributed by atoms with van der Waals surface area (Å²) in [6.45, 7) is 1.94. The standard InChI is InChI=1S/C19H19ClN4O3S/c1-28(25,26)24-10-9-23(12-15-5-2-3-8-17(15)24)13-18-21-19(22-27-18)14-6-4-7-16(20)11-14/h2-8,11H,9-10,12-13H2,1H3. The second-order valence-corrected chi connectivity index (χ2v) is 9.04. The van der Waals surface area contributed by atoms with E-state index in [1.807, 2.05) is 36.4 Å². The number of halogens is 1. The zero-order valence-corrected chi connectivity index (χ0v) is 16.8. The van der Waals surface area contributed by atoms with Crippen molar-refractivity contribution in [3.63, 3.8) is 0 Å². The summed E-state index contributed by atoms with van der Waals surface area (Å²) in [4.78, 5) is 6.56. The van der Waals surface area contributed by atoms with Crippen LogP contribution in [0.3, 0.4) is 0 Å². The Morgan fingerprint density at radius 1 is 1.14 bits per heavy atom. The van der Waals surface area contributed by atoms with Crippen molar-refractivity contribution in [3.05, 3.63) is 65.0 Å². The van der Waals surface area contributed by atoms with Gasteiger partial charge in [-0.3, -0.25) is 9.21 Å². The Morgan fingerprint density at radius 3 is 2.75 bits per heavy atom. The van der Waals surface area contributed by atoms with Gasteiger partial charge in [-0.05, 0) is 23.8 Å². The summed E-state index contributed by atoms with van der Waals surface area (Å²) in [6, 6.07) is 14.8. The maximum absolute atomic E-state index is 12.2. The summed E-state index contributed by atoms with van der Waals surface area (Å²) in [6.07, 6.45) is 1.23. The first-order valence-corrected chi connectivity index (χ1v) is 11.0. The average molecular weight is 419 g/mol. The number of para-hydroxylation sites is 1. The monoisotopic (exact) mass is 418 g/mol. The van der Waals surface area contributed by atoms with E-state index in [0.717, 1.165) is 16.8 Å². The van der Waals surface area contributed by atoms with Crippen LogP contribution in [0.5, 0.6) is 0 Å². The number of hydrogen-bond acceptors (Lipinski definition) is 6. The molecule has 0 radical (unpaired) electrons. The maximum atomic E-state index is 12.2. The molecule has 1 aliphatic rings. The zero-order valence-electron chi connectivity index (χ0n) is 15.2. The van der Waals surface area contributed by atoms with Crippen LogP contribution in [0.1, 0.15) is 11.5 Å². The molecule has 0 N–H and O–H groups in total. The molecule has 0 spiro atoms. The summed E-state index contributed by atoms with van der Waals surface area (Å²) < 4.78 is 31.3. The van der Waals surface area contributed by atoms with E-state index < -0.39 is 10.0 Å². The highest BCUT2D eigenvalue weighted by Crippen LogP contribution is 2.28. The highest BCUT2D eigenvalue weighted by Gasteiger charge is 2.26. The third-order valence-electron chi connectivity index (χ3n) is 4.58. The first kappa shape index (κ1) is 18.9. The normalized spacial score (nSPS) is 15.3. The minimum Gasteiger partial charge on any atom is -0.338 e. The van der Waals surface area contributed by atoms with E-state index in [1.165, 1.54) is 10.6 Å². The van der Waals surface area contributed by atoms with Crippen molar-refractivity contribution in [3.8, 4) is 11.4 Å². The van der Waals surface area contributed by atoms with E-state index in [1.54, 1.807) is 12.1 Å². The van der Waals surface area contributed by atoms with Crippen LogP contribution in [0.15, 0.2) is 53.1 Å². The minimum absolute atomic E-state index is 0.366. The quantitative estimate of drug-likeness (QED) is 0.647. The third-order valence-corrected chi connectivity index (χ3v) is 6.00. The van der Waals surface area contributed by atoms with Crippen LogP contribution in [0.4, 0.5) is 5.69 Å². The first-order valence-electron chi connectivity index (χ1n) is 8.76. The topological polar surface area (TPSA) is 79.5 Å². The molecule has 0 saturated carbocycles. The summed E-state index contributed by atoms with van der Waals surface area (Å²) in [5.74, 6) is 0.950. The van der Waals surface area contributed by atoms with E-state index in [9.17, 15) is 8.42 Å². The molecule has 9 heteroatoms. The summed E-state index contributed by atoms with van der Waals surface area (Å²) in [5, 5.41) is 4.64. The molecule has 2 aromatic carbocycles. The molecule has 0 fully saturated rings. The fourth-order valence-electron chi connectivity index (χ4n) is 3.30. The number of benzene rings is 2. The molecule has 0 amide bonds. The smallest absolute Gasteiger partial charge is 0.241 e. The molecule has 0 bridgehead atoms. The Morgan fingerprint density at radius 2 is 1.96 bits per heavy atom. The maximum Gasteiger partial charge on any atom is 0.241 e. The van der Waals surface area contributed by atoms with Crippen LogP contribution in [-0.4, -0.2) is 42.8 Å². The van der Waals surface area contributed by atoms with Gasteiger partial charge in [0.05, 0.1) is 18.5 Å². The molecule has 0 saturated heterocycles. The average Bonchev–Trinajstić information content (AvgIpc) is 3.02. The Hall–Kier alpha value is -2.42. The Bertz CT molecular complexity index is 1100. The molecule has 0 unspecified atom stereocenters. The number of rotatable bonds is 4. The van der Waals surface area contributed by atoms with Gasteiger partial charge in [0.2, 0.25) is 21.7 Å². The lowest BCUT2D eigenvalue weighted by Crippen LogP contribution is -2.35. The van der Waals surface area contributed by atoms with Crippen molar-refractivity contribution in [2.45, 2.75) is 13.1 Å². The van der Waals surface area contributed by atoms with Gasteiger partial charge in [0.15, 0.2) is 0 Å². The lowest BCUT2D eigenvalue weighted by molar-refractivity contribution is 0.228. The second kappa shape index (κ2) is 7.54. The van der Waals surface area contributed by atoms with Crippen LogP contribution in [0, 0.1) is 0 Å². The summed E-state index contributed by atoms with van der Waals surface area (Å²) in [7, 11) is -3.35. The van der Waals surface area contributed by atoms with Crippen LogP contribution < -0.4 is 4.31 Å². The first-order chi connectivity index (χ1) is 13.4. The van der Waals surface area contributed by atoms with Gasteiger partial charge >= 0.3 is 0 Å². The van der Waals surface area contributed by atoms with Gasteiger partial charge in [-0.15, -0.1) is 0 Å². The fraction of sp³-hybridized carbons (Fsp3) is 0.263. The highest BCUT2D eigenvalue weighted by molar-refractivity contribution is 7.92. The van der Waals surface area contributed by atoms with Crippen LogP contribution in [0.2, 0.25) is 5.02 Å². The molecule has 146 valence electrons. The van der Waals surface area contributed by atoms with Crippen molar-refractivity contribution < 1.29 is 12.9 Å². The largest absolute Gasteiger partial charge is 0.338 e. The number of sulfonamides is 1. The minimum atomic E-state index is -3.35. The number of nitrogens with zero attached hydrogens (tertiary/aromatic N) is 4. The Labute approximate surface area is 168 Å². The SMILES string of the molecule is CS(=O)(=O)N1CCN(Cc2nc(-c3cccc(Cl)c3)no2)Cc2ccccc21. The lowest BCUT2D eigenvalue weighted by atomic mass is 10.2. The van der Waals surface area contributed by atoms with E-state index in [0.29, 0.717) is 42.9 Å². The molecule has 4 rings (SSSR count). The van der Waals surface area contributed by atoms with Gasteiger partial charge in [0, 0.05) is 30.2 Å². The van der Waals surface area contributed by atoms with Gasteiger partial charge in [0.25, 0.3) is 0 Å². The number of hydrogen-bond donors (Lipinski definition) is 0. The third kappa shape index (κ3) is 4.04. The van der Waals surface area contributed by atoms with Gasteiger partial charge in [-0.1, -0.05) is 47.1 Å². The van der Waals surface area contributed by atoms with Gasteiger partial charge in [-0.2, -0.15) is 4.98 Å². The van der Waals surface area contributed by atoms with Gasteiger partial charge in [-0.25, -0.2) is 8.42 Å². The molecule has 3 aromatic rings. The second-order valence-electron chi connectivity index (χ2n) is 6.70. The fourth-order valence-corrected chi connectivity index (χ4v) is 4.43. The lowest BCUT2D eigenvalue weighted by Gasteiger charge is -2.22. The summed E-state index contributed by atoms with van der Waals surface area (Å²) >= 11 is 6.03. The molecule has 0 atom stereocenters. The number of anilines is 1. The van der Waals surface area contributed by atoms with Crippen molar-refractivity contribution in [2.75, 3.05) is 23.7 Å². The molecule has 28 heavy (non-hydrogen) atoms. The van der Waals surface area contributed by atoms with E-state index in [4.69, 9.17) is 16.1 Å². The van der Waals surface area contributed by atoms with Crippen molar-refractivity contribution in [1.82, 2.24) is 15.0 Å². The van der Waals surface area contributed by atoms with Crippen LogP contribution in [-0.2, 0) is 23.1 Å². The number of aromatic nitrogens is 2. The Balaban J connectivity index is 1.56. The van der Waals surface area contributed by atoms with Crippen LogP contribution in [0.25, 0.3) is 11.4 Å². The highest BCUT2D eigenvalue weighted by atomic mass is 35.5. The van der Waals surface area contributed by atoms with Gasteiger partial charge in [0.1, 0.15) is 0 Å².